The normalized spacial score (nSPS) is 12.9. The summed E-state index contributed by atoms with van der Waals surface area (Å²) in [7, 11) is -0.432. The molecule has 0 radical (unpaired) electrons. The molecule has 1 fully saturated rings. The third-order valence-corrected chi connectivity index (χ3v) is 22.8. The van der Waals surface area contributed by atoms with Crippen molar-refractivity contribution in [3.63, 3.8) is 0 Å². The molecule has 19 aromatic rings. The summed E-state index contributed by atoms with van der Waals surface area (Å²) < 4.78 is 25.2. The first-order valence-electron chi connectivity index (χ1n) is 38.0. The van der Waals surface area contributed by atoms with Crippen LogP contribution in [0.5, 0.6) is 11.5 Å². The van der Waals surface area contributed by atoms with Crippen LogP contribution in [-0.4, -0.2) is 52.4 Å². The Labute approximate surface area is 697 Å². The van der Waals surface area contributed by atoms with Crippen molar-refractivity contribution in [3.05, 3.63) is 387 Å². The highest BCUT2D eigenvalue weighted by Crippen LogP contribution is 2.42. The fourth-order valence-corrected chi connectivity index (χ4v) is 15.7. The van der Waals surface area contributed by atoms with E-state index in [1.54, 1.807) is 0 Å². The number of aromatic nitrogens is 7. The van der Waals surface area contributed by atoms with Crippen LogP contribution in [0.2, 0.25) is 0 Å². The van der Waals surface area contributed by atoms with Crippen LogP contribution in [0, 0.1) is 3.57 Å². The van der Waals surface area contributed by atoms with Crippen molar-refractivity contribution < 1.29 is 14.0 Å². The van der Waals surface area contributed by atoms with Crippen LogP contribution in [-0.2, 0) is 15.7 Å². The number of rotatable bonds is 9. The Kier molecular flexibility index (Phi) is 22.0. The van der Waals surface area contributed by atoms with Gasteiger partial charge >= 0.3 is 7.12 Å². The van der Waals surface area contributed by atoms with Gasteiger partial charge in [-0.3, -0.25) is 13.9 Å². The van der Waals surface area contributed by atoms with Gasteiger partial charge in [0.2, 0.25) is 11.9 Å². The Morgan fingerprint density at radius 3 is 1.27 bits per heavy atom. The third kappa shape index (κ3) is 15.5. The lowest BCUT2D eigenvalue weighted by atomic mass is 9.78. The van der Waals surface area contributed by atoms with E-state index < -0.39 is 18.3 Å². The zero-order valence-corrected chi connectivity index (χ0v) is 66.7. The van der Waals surface area contributed by atoms with E-state index >= 15 is 0 Å². The summed E-state index contributed by atoms with van der Waals surface area (Å²) in [6, 6.07) is 122. The molecule has 2 aliphatic heterocycles. The van der Waals surface area contributed by atoms with Gasteiger partial charge in [0, 0.05) is 80.1 Å². The molecule has 1 saturated heterocycles. The Balaban J connectivity index is 0.000000130. The van der Waals surface area contributed by atoms with E-state index in [1.807, 2.05) is 140 Å². The number of nitrogens with one attached hydrogen (secondary N) is 1. The number of ether oxygens (including phenoxy) is 1. The molecule has 2 aliphatic rings. The van der Waals surface area contributed by atoms with Crippen LogP contribution < -0.4 is 15.6 Å². The summed E-state index contributed by atoms with van der Waals surface area (Å²) in [5, 5.41) is 5.81. The van der Waals surface area contributed by atoms with Crippen LogP contribution in [0.25, 0.3) is 145 Å². The Morgan fingerprint density at radius 1 is 0.353 bits per heavy atom. The number of para-hydroxylation sites is 4. The Hall–Kier alpha value is -12.7. The smallest absolute Gasteiger partial charge is 0.457 e. The van der Waals surface area contributed by atoms with Gasteiger partial charge in [-0.15, -0.1) is 0 Å². The lowest BCUT2D eigenvalue weighted by Gasteiger charge is -2.32. The summed E-state index contributed by atoms with van der Waals surface area (Å²) in [6.07, 6.45) is 0.957. The number of hydrogen-bond acceptors (Lipinski definition) is 8. The van der Waals surface area contributed by atoms with E-state index in [0.717, 1.165) is 139 Å². The van der Waals surface area contributed by atoms with Gasteiger partial charge in [0.25, 0.3) is 0 Å². The first kappa shape index (κ1) is 77.3. The summed E-state index contributed by atoms with van der Waals surface area (Å²) in [5.41, 5.74) is 20.7. The molecule has 0 atom stereocenters. The molecule has 14 aromatic carbocycles. The minimum atomic E-state index is -0.432. The SMILES string of the molecule is Brc1ccc2c(c1)Oc1ccccc1C2.C.C.CC1(C)OB(c2ccc3c(c2)c2ccccc2n3-c2nc(-c3ccccc3)cc(-c3ccccc3)n2)OC1(C)C.Ic1ccc(-c2ccccc2)cc1.O=c1c2ccccc2[nH]c2ccc(-c3ccc4c(c3)c3ccccc3n4-c3nc(-c4ccccc4)cc(-c4ccccc4)n3)cc12. The van der Waals surface area contributed by atoms with Gasteiger partial charge in [-0.1, -0.05) is 292 Å². The van der Waals surface area contributed by atoms with Crippen molar-refractivity contribution in [2.24, 2.45) is 0 Å². The van der Waals surface area contributed by atoms with Gasteiger partial charge in [0.05, 0.1) is 56.0 Å². The molecule has 0 amide bonds. The van der Waals surface area contributed by atoms with Crippen LogP contribution in [0.1, 0.15) is 53.7 Å². The number of halogens is 2. The van der Waals surface area contributed by atoms with Crippen molar-refractivity contribution in [3.8, 4) is 90.7 Å². The van der Waals surface area contributed by atoms with Crippen LogP contribution in [0.15, 0.2) is 367 Å². The van der Waals surface area contributed by atoms with E-state index in [-0.39, 0.29) is 20.3 Å². The van der Waals surface area contributed by atoms with Crippen LogP contribution in [0.3, 0.4) is 0 Å². The largest absolute Gasteiger partial charge is 0.494 e. The zero-order valence-electron chi connectivity index (χ0n) is 62.9. The van der Waals surface area contributed by atoms with E-state index in [9.17, 15) is 4.79 Å². The number of benzene rings is 14. The second-order valence-electron chi connectivity index (χ2n) is 29.4. The minimum absolute atomic E-state index is 0. The lowest BCUT2D eigenvalue weighted by Crippen LogP contribution is -2.41. The Morgan fingerprint density at radius 2 is 0.741 bits per heavy atom. The number of H-pyrrole nitrogens is 1. The second-order valence-corrected chi connectivity index (χ2v) is 31.6. The maximum atomic E-state index is 13.4. The van der Waals surface area contributed by atoms with Crippen molar-refractivity contribution in [1.82, 2.24) is 34.1 Å². The highest BCUT2D eigenvalue weighted by molar-refractivity contribution is 14.1. The van der Waals surface area contributed by atoms with Gasteiger partial charge in [-0.05, 0) is 186 Å². The first-order valence-corrected chi connectivity index (χ1v) is 39.9. The standard InChI is InChI=1S/C41H26N4O.C34H30BN3O2.C13H9BrO.C12H9I.2CH4/c46-40-31-16-7-9-17-34(31)42-35-21-19-28(24-33(35)40)29-20-22-39-32(23-29)30-15-8-10-18-38(30)45(39)41-43-36(26-11-3-1-4-12-26)25-37(44-41)27-13-5-2-6-14-27;1-33(2)34(3,4)40-35(39-33)25-19-20-31-27(21-25)26-17-11-12-18-30(26)38(31)32-36-28(23-13-7-5-8-14-23)22-29(37-32)24-15-9-6-10-16-24;14-11-6-5-10-7-9-3-1-2-4-12(9)15-13(10)8-11;13-12-8-6-11(7-9-12)10-4-2-1-3-5-10;;/h1-25H,(H,42,46);5-22H,1-4H3;1-6,8H,7H2;1-9H;2*1H4. The van der Waals surface area contributed by atoms with Gasteiger partial charge < -0.3 is 19.0 Å². The molecule has 5 aromatic heterocycles. The number of pyridine rings is 1. The van der Waals surface area contributed by atoms with Gasteiger partial charge in [0.1, 0.15) is 11.5 Å². The molecule has 0 unspecified atom stereocenters. The topological polar surface area (TPSA) is 122 Å². The average Bonchev–Trinajstić information content (AvgIpc) is 1.58. The average molecular weight is 1690 g/mol. The first-order chi connectivity index (χ1) is 55.7. The monoisotopic (exact) mass is 1690 g/mol. The van der Waals surface area contributed by atoms with E-state index in [2.05, 4.69) is 299 Å². The maximum absolute atomic E-state index is 13.4. The second kappa shape index (κ2) is 33.0. The third-order valence-electron chi connectivity index (χ3n) is 21.6. The van der Waals surface area contributed by atoms with E-state index in [0.29, 0.717) is 22.7 Å². The van der Waals surface area contributed by atoms with Crippen molar-refractivity contribution in [1.29, 1.82) is 0 Å². The molecule has 14 heteroatoms. The van der Waals surface area contributed by atoms with Gasteiger partial charge in [-0.2, -0.15) is 0 Å². The molecule has 0 aliphatic carbocycles. The molecule has 0 bridgehead atoms. The molecule has 566 valence electrons. The lowest BCUT2D eigenvalue weighted by molar-refractivity contribution is 0.00578. The van der Waals surface area contributed by atoms with Crippen molar-refractivity contribution >= 4 is 117 Å². The highest BCUT2D eigenvalue weighted by atomic mass is 127. The molecule has 1 N–H and O–H groups in total. The molecule has 0 saturated carbocycles. The maximum Gasteiger partial charge on any atom is 0.494 e. The highest BCUT2D eigenvalue weighted by Gasteiger charge is 2.52. The summed E-state index contributed by atoms with van der Waals surface area (Å²) in [5.74, 6) is 3.18. The molecule has 11 nitrogen and oxygen atoms in total. The molecule has 21 rings (SSSR count). The molecular weight excluding hydrogens is 1600 g/mol. The fourth-order valence-electron chi connectivity index (χ4n) is 15.0. The number of aromatic amines is 1. The summed E-state index contributed by atoms with van der Waals surface area (Å²) >= 11 is 5.77. The predicted molar refractivity (Wildman–Crippen MR) is 493 cm³/mol. The van der Waals surface area contributed by atoms with Crippen molar-refractivity contribution in [2.75, 3.05) is 0 Å². The molecule has 7 heterocycles. The predicted octanol–water partition coefficient (Wildman–Crippen LogP) is 26.2. The van der Waals surface area contributed by atoms with E-state index in [1.165, 1.54) is 25.8 Å². The molecular formula is C102H82BBrIN7O4. The van der Waals surface area contributed by atoms with Crippen LogP contribution in [0.4, 0.5) is 0 Å². The van der Waals surface area contributed by atoms with Crippen LogP contribution >= 0.6 is 38.5 Å². The fraction of sp³-hybridized carbons (Fsp3) is 0.0882. The van der Waals surface area contributed by atoms with Crippen molar-refractivity contribution in [2.45, 2.75) is 60.2 Å². The number of nitrogens with zero attached hydrogens (tertiary/aromatic N) is 6. The van der Waals surface area contributed by atoms with Gasteiger partial charge in [0.15, 0.2) is 5.43 Å². The summed E-state index contributed by atoms with van der Waals surface area (Å²) in [6.45, 7) is 8.33. The number of hydrogen-bond donors (Lipinski definition) is 1. The minimum Gasteiger partial charge on any atom is -0.457 e. The quantitative estimate of drug-likeness (QED) is 0.0861. The summed E-state index contributed by atoms with van der Waals surface area (Å²) in [4.78, 5) is 37.4. The number of fused-ring (bicyclic) bond motifs is 10. The Bertz CT molecular complexity index is 6730. The molecule has 0 spiro atoms. The van der Waals surface area contributed by atoms with Gasteiger partial charge in [-0.25, -0.2) is 19.9 Å². The zero-order chi connectivity index (χ0) is 77.4. The van der Waals surface area contributed by atoms with E-state index in [4.69, 9.17) is 34.0 Å². The molecule has 116 heavy (non-hydrogen) atoms.